The smallest absolute Gasteiger partial charge is 0.251 e. The maximum absolute atomic E-state index is 12.5. The van der Waals surface area contributed by atoms with E-state index in [0.29, 0.717) is 6.42 Å². The summed E-state index contributed by atoms with van der Waals surface area (Å²) in [5, 5.41) is 13.3. The molecule has 0 spiro atoms. The van der Waals surface area contributed by atoms with Gasteiger partial charge in [-0.3, -0.25) is 14.4 Å². The van der Waals surface area contributed by atoms with E-state index in [2.05, 4.69) is 5.32 Å². The normalized spacial score (nSPS) is 33.5. The molecule has 0 bridgehead atoms. The van der Waals surface area contributed by atoms with Gasteiger partial charge in [0.05, 0.1) is 17.7 Å². The first-order valence-corrected chi connectivity index (χ1v) is 8.54. The lowest BCUT2D eigenvalue weighted by Gasteiger charge is -2.56. The summed E-state index contributed by atoms with van der Waals surface area (Å²) in [5.41, 5.74) is -0.883. The second kappa shape index (κ2) is 7.73. The first-order valence-electron chi connectivity index (χ1n) is 8.54. The molecule has 134 valence electrons. The van der Waals surface area contributed by atoms with Crippen molar-refractivity contribution in [1.82, 2.24) is 10.4 Å². The van der Waals surface area contributed by atoms with Crippen LogP contribution >= 0.6 is 0 Å². The number of hydroxylamine groups is 2. The number of rotatable bonds is 7. The van der Waals surface area contributed by atoms with E-state index >= 15 is 0 Å². The van der Waals surface area contributed by atoms with Crippen LogP contribution in [0.3, 0.4) is 0 Å². The minimum absolute atomic E-state index is 0.104. The molecular weight excluding hydrogens is 296 g/mol. The molecule has 0 radical (unpaired) electrons. The number of aliphatic hydroxyl groups excluding tert-OH is 1. The maximum Gasteiger partial charge on any atom is 0.251 e. The van der Waals surface area contributed by atoms with E-state index in [4.69, 9.17) is 9.94 Å². The Morgan fingerprint density at radius 2 is 2.04 bits per heavy atom. The lowest BCUT2D eigenvalue weighted by molar-refractivity contribution is -0.308. The fourth-order valence-electron chi connectivity index (χ4n) is 3.23. The topological polar surface area (TPSA) is 78.9 Å². The Labute approximate surface area is 139 Å². The third-order valence-corrected chi connectivity index (χ3v) is 5.45. The quantitative estimate of drug-likeness (QED) is 0.743. The highest BCUT2D eigenvalue weighted by atomic mass is 16.7. The average molecular weight is 328 g/mol. The molecule has 0 aromatic carbocycles. The second-order valence-electron chi connectivity index (χ2n) is 6.98. The molecule has 1 aliphatic heterocycles. The number of carbonyl (C=O) groups is 2. The zero-order valence-corrected chi connectivity index (χ0v) is 15.3. The summed E-state index contributed by atoms with van der Waals surface area (Å²) >= 11 is 0. The number of hydrogen-bond donors (Lipinski definition) is 2. The summed E-state index contributed by atoms with van der Waals surface area (Å²) in [6.07, 6.45) is 1.25. The SMILES string of the molecule is CCC1(C)CC(=O)C(C)C(C)(CC)N1OC(C)C(=O)NCCO. The number of hydrogen-bond acceptors (Lipinski definition) is 5. The van der Waals surface area contributed by atoms with E-state index in [9.17, 15) is 9.59 Å². The summed E-state index contributed by atoms with van der Waals surface area (Å²) in [5.74, 6) is -0.170. The summed E-state index contributed by atoms with van der Waals surface area (Å²) in [6, 6.07) is 0. The van der Waals surface area contributed by atoms with E-state index in [-0.39, 0.29) is 30.8 Å². The van der Waals surface area contributed by atoms with Crippen LogP contribution in [0.5, 0.6) is 0 Å². The first-order chi connectivity index (χ1) is 10.7. The van der Waals surface area contributed by atoms with Crippen molar-refractivity contribution in [2.45, 2.75) is 78.0 Å². The molecule has 1 saturated heterocycles. The van der Waals surface area contributed by atoms with Gasteiger partial charge >= 0.3 is 0 Å². The van der Waals surface area contributed by atoms with Crippen LogP contribution in [0.4, 0.5) is 0 Å². The van der Waals surface area contributed by atoms with Gasteiger partial charge in [-0.2, -0.15) is 5.06 Å². The molecule has 1 rings (SSSR count). The van der Waals surface area contributed by atoms with E-state index in [1.54, 1.807) is 6.92 Å². The average Bonchev–Trinajstić information content (AvgIpc) is 2.54. The molecule has 0 saturated carbocycles. The van der Waals surface area contributed by atoms with E-state index < -0.39 is 17.2 Å². The van der Waals surface area contributed by atoms with Crippen LogP contribution in [0, 0.1) is 5.92 Å². The Hall–Kier alpha value is -0.980. The molecule has 0 aliphatic carbocycles. The van der Waals surface area contributed by atoms with Crippen LogP contribution in [0.15, 0.2) is 0 Å². The van der Waals surface area contributed by atoms with Gasteiger partial charge in [0.1, 0.15) is 5.78 Å². The van der Waals surface area contributed by atoms with Crippen LogP contribution in [0.1, 0.15) is 60.8 Å². The zero-order valence-electron chi connectivity index (χ0n) is 15.3. The van der Waals surface area contributed by atoms with Crippen LogP contribution in [0.25, 0.3) is 0 Å². The summed E-state index contributed by atoms with van der Waals surface area (Å²) in [4.78, 5) is 30.6. The van der Waals surface area contributed by atoms with Crippen LogP contribution in [-0.2, 0) is 14.4 Å². The first kappa shape index (κ1) is 20.1. The minimum atomic E-state index is -0.682. The van der Waals surface area contributed by atoms with Gasteiger partial charge in [-0.05, 0) is 33.6 Å². The van der Waals surface area contributed by atoms with Crippen molar-refractivity contribution in [3.63, 3.8) is 0 Å². The Bertz CT molecular complexity index is 442. The van der Waals surface area contributed by atoms with Crippen molar-refractivity contribution < 1.29 is 19.5 Å². The molecule has 23 heavy (non-hydrogen) atoms. The maximum atomic E-state index is 12.5. The second-order valence-corrected chi connectivity index (χ2v) is 6.98. The number of aliphatic hydroxyl groups is 1. The Balaban J connectivity index is 3.05. The number of nitrogens with one attached hydrogen (secondary N) is 1. The minimum Gasteiger partial charge on any atom is -0.395 e. The fourth-order valence-corrected chi connectivity index (χ4v) is 3.23. The third kappa shape index (κ3) is 3.92. The van der Waals surface area contributed by atoms with Crippen molar-refractivity contribution in [1.29, 1.82) is 0 Å². The predicted octanol–water partition coefficient (Wildman–Crippen LogP) is 1.66. The van der Waals surface area contributed by atoms with Crippen molar-refractivity contribution in [2.75, 3.05) is 13.2 Å². The molecule has 1 fully saturated rings. The molecule has 4 atom stereocenters. The van der Waals surface area contributed by atoms with Gasteiger partial charge in [0.25, 0.3) is 5.91 Å². The van der Waals surface area contributed by atoms with Crippen molar-refractivity contribution in [2.24, 2.45) is 5.92 Å². The number of Topliss-reactive ketones (excluding diaryl/α,β-unsaturated/α-hetero) is 1. The summed E-state index contributed by atoms with van der Waals surface area (Å²) < 4.78 is 0. The van der Waals surface area contributed by atoms with Gasteiger partial charge in [0.15, 0.2) is 6.10 Å². The van der Waals surface area contributed by atoms with Gasteiger partial charge in [0.2, 0.25) is 0 Å². The summed E-state index contributed by atoms with van der Waals surface area (Å²) in [7, 11) is 0. The van der Waals surface area contributed by atoms with E-state index in [0.717, 1.165) is 12.8 Å². The zero-order chi connectivity index (χ0) is 17.8. The van der Waals surface area contributed by atoms with Crippen LogP contribution in [0.2, 0.25) is 0 Å². The van der Waals surface area contributed by atoms with Crippen LogP contribution in [-0.4, -0.2) is 52.2 Å². The molecular formula is C17H32N2O4. The number of piperidine rings is 1. The highest BCUT2D eigenvalue weighted by molar-refractivity contribution is 5.84. The number of nitrogens with zero attached hydrogens (tertiary/aromatic N) is 1. The largest absolute Gasteiger partial charge is 0.395 e. The lowest BCUT2D eigenvalue weighted by Crippen LogP contribution is -2.67. The highest BCUT2D eigenvalue weighted by Crippen LogP contribution is 2.44. The van der Waals surface area contributed by atoms with Gasteiger partial charge in [-0.1, -0.05) is 20.8 Å². The molecule has 0 aromatic rings. The van der Waals surface area contributed by atoms with Gasteiger partial charge < -0.3 is 10.4 Å². The van der Waals surface area contributed by atoms with Gasteiger partial charge in [0, 0.05) is 18.9 Å². The molecule has 6 nitrogen and oxygen atoms in total. The predicted molar refractivity (Wildman–Crippen MR) is 88.7 cm³/mol. The number of amides is 1. The Morgan fingerprint density at radius 3 is 2.52 bits per heavy atom. The van der Waals surface area contributed by atoms with E-state index in [1.165, 1.54) is 0 Å². The molecule has 2 N–H and O–H groups in total. The molecule has 1 amide bonds. The highest BCUT2D eigenvalue weighted by Gasteiger charge is 2.54. The molecule has 1 heterocycles. The molecule has 6 heteroatoms. The monoisotopic (exact) mass is 328 g/mol. The lowest BCUT2D eigenvalue weighted by atomic mass is 9.70. The number of ketones is 1. The van der Waals surface area contributed by atoms with Gasteiger partial charge in [-0.25, -0.2) is 0 Å². The molecule has 4 unspecified atom stereocenters. The van der Waals surface area contributed by atoms with Crippen molar-refractivity contribution in [3.8, 4) is 0 Å². The number of carbonyl (C=O) groups excluding carboxylic acids is 2. The Kier molecular flexibility index (Phi) is 6.74. The van der Waals surface area contributed by atoms with Crippen molar-refractivity contribution >= 4 is 11.7 Å². The third-order valence-electron chi connectivity index (χ3n) is 5.45. The molecule has 0 aromatic heterocycles. The Morgan fingerprint density at radius 1 is 1.43 bits per heavy atom. The fraction of sp³-hybridized carbons (Fsp3) is 0.882. The summed E-state index contributed by atoms with van der Waals surface area (Å²) in [6.45, 7) is 11.9. The van der Waals surface area contributed by atoms with Crippen molar-refractivity contribution in [3.05, 3.63) is 0 Å². The van der Waals surface area contributed by atoms with Crippen LogP contribution < -0.4 is 5.32 Å². The molecule has 1 aliphatic rings. The van der Waals surface area contributed by atoms with E-state index in [1.807, 2.05) is 39.7 Å². The standard InChI is InChI=1S/C17H32N2O4/c1-7-16(5)11-14(21)12(3)17(6,8-2)19(16)23-13(4)15(22)18-9-10-20/h12-13,20H,7-11H2,1-6H3,(H,18,22). The van der Waals surface area contributed by atoms with Gasteiger partial charge in [-0.15, -0.1) is 0 Å².